The maximum Gasteiger partial charge on any atom is 0.414 e. The van der Waals surface area contributed by atoms with Gasteiger partial charge < -0.3 is 14.4 Å². The third kappa shape index (κ3) is 3.20. The number of nitrogens with zero attached hydrogens (tertiary/aromatic N) is 2. The Morgan fingerprint density at radius 2 is 2.11 bits per heavy atom. The summed E-state index contributed by atoms with van der Waals surface area (Å²) in [5.41, 5.74) is 1.69. The average Bonchev–Trinajstić information content (AvgIpc) is 3.03. The van der Waals surface area contributed by atoms with Crippen molar-refractivity contribution in [2.75, 3.05) is 25.2 Å². The third-order valence-corrected chi connectivity index (χ3v) is 4.97. The van der Waals surface area contributed by atoms with Gasteiger partial charge in [0.2, 0.25) is 0 Å². The van der Waals surface area contributed by atoms with E-state index in [0.717, 1.165) is 0 Å². The molecule has 4 rings (SSSR count). The first-order valence-corrected chi connectivity index (χ1v) is 8.74. The molecule has 2 heterocycles. The van der Waals surface area contributed by atoms with E-state index < -0.39 is 11.9 Å². The van der Waals surface area contributed by atoms with E-state index in [4.69, 9.17) is 9.47 Å². The Labute approximate surface area is 156 Å². The van der Waals surface area contributed by atoms with Gasteiger partial charge in [0, 0.05) is 18.7 Å². The van der Waals surface area contributed by atoms with Crippen LogP contribution in [0.4, 0.5) is 14.9 Å². The fourth-order valence-electron chi connectivity index (χ4n) is 3.56. The van der Waals surface area contributed by atoms with Crippen LogP contribution in [0.5, 0.6) is 5.75 Å². The second-order valence-corrected chi connectivity index (χ2v) is 6.62. The number of hydrogen-bond acceptors (Lipinski definition) is 4. The molecule has 0 spiro atoms. The van der Waals surface area contributed by atoms with Crippen LogP contribution in [0.1, 0.15) is 22.3 Å². The maximum atomic E-state index is 13.8. The van der Waals surface area contributed by atoms with Crippen LogP contribution in [-0.2, 0) is 11.3 Å². The minimum atomic E-state index is -0.473. The van der Waals surface area contributed by atoms with Crippen molar-refractivity contribution >= 4 is 17.7 Å². The molecule has 0 radical (unpaired) electrons. The molecule has 27 heavy (non-hydrogen) atoms. The second kappa shape index (κ2) is 6.90. The van der Waals surface area contributed by atoms with Gasteiger partial charge in [-0.05, 0) is 42.3 Å². The van der Waals surface area contributed by atoms with Crippen molar-refractivity contribution < 1.29 is 23.5 Å². The normalized spacial score (nSPS) is 18.9. The van der Waals surface area contributed by atoms with Gasteiger partial charge in [0.05, 0.1) is 18.8 Å². The van der Waals surface area contributed by atoms with Crippen molar-refractivity contribution in [1.29, 1.82) is 0 Å². The number of carbonyl (C=O) groups is 2. The molecular formula is C20H19FN2O4. The lowest BCUT2D eigenvalue weighted by atomic mass is 10.0. The molecule has 0 aromatic heterocycles. The largest absolute Gasteiger partial charge is 0.497 e. The van der Waals surface area contributed by atoms with Crippen molar-refractivity contribution in [2.45, 2.75) is 19.0 Å². The predicted molar refractivity (Wildman–Crippen MR) is 96.4 cm³/mol. The lowest BCUT2D eigenvalue weighted by molar-refractivity contribution is 0.0734. The van der Waals surface area contributed by atoms with Gasteiger partial charge in [-0.2, -0.15) is 0 Å². The zero-order valence-corrected chi connectivity index (χ0v) is 14.9. The number of fused-ring (bicyclic) bond motifs is 3. The average molecular weight is 370 g/mol. The minimum absolute atomic E-state index is 0.136. The van der Waals surface area contributed by atoms with Crippen molar-refractivity contribution in [3.05, 3.63) is 59.4 Å². The number of hydrogen-bond donors (Lipinski definition) is 0. The first kappa shape index (κ1) is 17.3. The molecule has 2 aliphatic rings. The fraction of sp³-hybridized carbons (Fsp3) is 0.300. The monoisotopic (exact) mass is 370 g/mol. The molecule has 0 saturated carbocycles. The Bertz CT molecular complexity index is 901. The number of amides is 2. The Balaban J connectivity index is 1.69. The number of ether oxygens (including phenoxy) is 2. The molecule has 2 aromatic carbocycles. The highest BCUT2D eigenvalue weighted by atomic mass is 19.1. The Kier molecular flexibility index (Phi) is 4.43. The smallest absolute Gasteiger partial charge is 0.414 e. The number of carbonyl (C=O) groups excluding carboxylic acids is 2. The van der Waals surface area contributed by atoms with E-state index in [1.165, 1.54) is 17.0 Å². The number of benzene rings is 2. The van der Waals surface area contributed by atoms with Crippen LogP contribution < -0.4 is 9.64 Å². The van der Waals surface area contributed by atoms with E-state index in [2.05, 4.69) is 0 Å². The molecule has 6 nitrogen and oxygen atoms in total. The molecular weight excluding hydrogens is 351 g/mol. The van der Waals surface area contributed by atoms with Crippen LogP contribution in [0.2, 0.25) is 0 Å². The summed E-state index contributed by atoms with van der Waals surface area (Å²) < 4.78 is 24.2. The van der Waals surface area contributed by atoms with Crippen LogP contribution >= 0.6 is 0 Å². The van der Waals surface area contributed by atoms with Crippen LogP contribution in [-0.4, -0.2) is 43.2 Å². The number of methoxy groups -OCH3 is 1. The van der Waals surface area contributed by atoms with E-state index in [0.29, 0.717) is 35.5 Å². The molecule has 1 saturated heterocycles. The molecule has 2 aromatic rings. The zero-order valence-electron chi connectivity index (χ0n) is 14.9. The Morgan fingerprint density at radius 3 is 2.93 bits per heavy atom. The van der Waals surface area contributed by atoms with E-state index >= 15 is 0 Å². The first-order chi connectivity index (χ1) is 13.1. The van der Waals surface area contributed by atoms with Gasteiger partial charge in [-0.25, -0.2) is 9.18 Å². The van der Waals surface area contributed by atoms with E-state index in [1.807, 2.05) is 0 Å². The van der Waals surface area contributed by atoms with Gasteiger partial charge in [0.15, 0.2) is 0 Å². The lowest BCUT2D eigenvalue weighted by Gasteiger charge is -2.32. The van der Waals surface area contributed by atoms with Crippen molar-refractivity contribution in [2.24, 2.45) is 0 Å². The van der Waals surface area contributed by atoms with Crippen molar-refractivity contribution in [3.8, 4) is 5.75 Å². The number of rotatable bonds is 2. The number of anilines is 1. The number of halogens is 1. The lowest BCUT2D eigenvalue weighted by Crippen LogP contribution is -2.42. The molecule has 1 atom stereocenters. The predicted octanol–water partition coefficient (Wildman–Crippen LogP) is 3.21. The van der Waals surface area contributed by atoms with Gasteiger partial charge in [-0.15, -0.1) is 0 Å². The summed E-state index contributed by atoms with van der Waals surface area (Å²) in [4.78, 5) is 28.4. The summed E-state index contributed by atoms with van der Waals surface area (Å²) in [5.74, 6) is 0.0395. The van der Waals surface area contributed by atoms with Crippen LogP contribution in [0.3, 0.4) is 0 Å². The van der Waals surface area contributed by atoms with E-state index in [-0.39, 0.29) is 25.1 Å². The summed E-state index contributed by atoms with van der Waals surface area (Å²) in [5, 5.41) is 0. The molecule has 0 unspecified atom stereocenters. The summed E-state index contributed by atoms with van der Waals surface area (Å²) in [7, 11) is 1.55. The SMILES string of the molecule is COc1cccc(C(=O)N2CC[C@H]3COC(=O)N3c3cc(F)ccc3C2)c1. The summed E-state index contributed by atoms with van der Waals surface area (Å²) >= 11 is 0. The van der Waals surface area contributed by atoms with Crippen molar-refractivity contribution in [1.82, 2.24) is 4.90 Å². The highest BCUT2D eigenvalue weighted by Crippen LogP contribution is 2.32. The van der Waals surface area contributed by atoms with Gasteiger partial charge in [0.1, 0.15) is 18.2 Å². The van der Waals surface area contributed by atoms with Crippen LogP contribution in [0.15, 0.2) is 42.5 Å². The van der Waals surface area contributed by atoms with Gasteiger partial charge in [-0.1, -0.05) is 12.1 Å². The van der Waals surface area contributed by atoms with Gasteiger partial charge >= 0.3 is 6.09 Å². The molecule has 0 N–H and O–H groups in total. The highest BCUT2D eigenvalue weighted by molar-refractivity contribution is 5.95. The second-order valence-electron chi connectivity index (χ2n) is 6.62. The zero-order chi connectivity index (χ0) is 19.0. The van der Waals surface area contributed by atoms with Crippen molar-refractivity contribution in [3.63, 3.8) is 0 Å². The maximum absolute atomic E-state index is 13.8. The quantitative estimate of drug-likeness (QED) is 0.815. The van der Waals surface area contributed by atoms with Gasteiger partial charge in [-0.3, -0.25) is 9.69 Å². The highest BCUT2D eigenvalue weighted by Gasteiger charge is 2.38. The Morgan fingerprint density at radius 1 is 1.26 bits per heavy atom. The number of cyclic esters (lactones) is 1. The molecule has 140 valence electrons. The summed E-state index contributed by atoms with van der Waals surface area (Å²) in [6.45, 7) is 0.975. The Hall–Kier alpha value is -3.09. The molecule has 2 aliphatic heterocycles. The first-order valence-electron chi connectivity index (χ1n) is 8.74. The topological polar surface area (TPSA) is 59.1 Å². The molecule has 1 fully saturated rings. The summed E-state index contributed by atoms with van der Waals surface area (Å²) in [6.07, 6.45) is 0.0802. The molecule has 2 amide bonds. The standard InChI is InChI=1S/C20H19FN2O4/c1-26-17-4-2-3-13(9-17)19(24)22-8-7-16-12-27-20(25)23(16)18-10-15(21)6-5-14(18)11-22/h2-6,9-10,16H,7-8,11-12H2,1H3/t16-/m0/s1. The summed E-state index contributed by atoms with van der Waals surface area (Å²) in [6, 6.07) is 11.0. The minimum Gasteiger partial charge on any atom is -0.497 e. The van der Waals surface area contributed by atoms with Gasteiger partial charge in [0.25, 0.3) is 5.91 Å². The van der Waals surface area contributed by atoms with Crippen LogP contribution in [0.25, 0.3) is 0 Å². The fourth-order valence-corrected chi connectivity index (χ4v) is 3.56. The molecule has 0 aliphatic carbocycles. The van der Waals surface area contributed by atoms with E-state index in [1.54, 1.807) is 42.3 Å². The van der Waals surface area contributed by atoms with E-state index in [9.17, 15) is 14.0 Å². The van der Waals surface area contributed by atoms with Crippen LogP contribution in [0, 0.1) is 5.82 Å². The molecule has 7 heteroatoms. The molecule has 0 bridgehead atoms. The third-order valence-electron chi connectivity index (χ3n) is 4.97.